The van der Waals surface area contributed by atoms with Crippen LogP contribution in [0.5, 0.6) is 0 Å². The van der Waals surface area contributed by atoms with Crippen LogP contribution >= 0.6 is 0 Å². The number of rotatable bonds is 4. The molecule has 31 heavy (non-hydrogen) atoms. The summed E-state index contributed by atoms with van der Waals surface area (Å²) in [6, 6.07) is 11.2. The molecular formula is C22H21N3O5S. The summed E-state index contributed by atoms with van der Waals surface area (Å²) >= 11 is 0. The summed E-state index contributed by atoms with van der Waals surface area (Å²) in [6.45, 7) is 6.13. The minimum Gasteiger partial charge on any atom is -0.478 e. The predicted molar refractivity (Wildman–Crippen MR) is 119 cm³/mol. The molecule has 9 heteroatoms. The molecule has 0 radical (unpaired) electrons. The average molecular weight is 439 g/mol. The molecule has 0 saturated heterocycles. The second kappa shape index (κ2) is 6.98. The summed E-state index contributed by atoms with van der Waals surface area (Å²) in [7, 11) is -3.86. The molecule has 2 aromatic heterocycles. The number of carbonyl (C=O) groups is 1. The van der Waals surface area contributed by atoms with E-state index in [-0.39, 0.29) is 32.5 Å². The third kappa shape index (κ3) is 3.68. The lowest BCUT2D eigenvalue weighted by Gasteiger charge is -2.19. The Hall–Kier alpha value is -3.59. The number of carboxylic acids is 1. The Morgan fingerprint density at radius 2 is 1.74 bits per heavy atom. The van der Waals surface area contributed by atoms with E-state index in [9.17, 15) is 23.1 Å². The van der Waals surface area contributed by atoms with E-state index in [0.29, 0.717) is 10.9 Å². The number of sulfonamides is 1. The van der Waals surface area contributed by atoms with Gasteiger partial charge in [-0.1, -0.05) is 32.9 Å². The van der Waals surface area contributed by atoms with Gasteiger partial charge in [-0.25, -0.2) is 13.2 Å². The number of nitrogens with one attached hydrogen (secondary N) is 3. The van der Waals surface area contributed by atoms with Crippen molar-refractivity contribution >= 4 is 43.5 Å². The Bertz CT molecular complexity index is 1490. The molecule has 0 bridgehead atoms. The minimum atomic E-state index is -3.86. The third-order valence-corrected chi connectivity index (χ3v) is 6.55. The number of H-pyrrole nitrogens is 2. The molecule has 0 aliphatic rings. The third-order valence-electron chi connectivity index (χ3n) is 5.16. The first-order valence-corrected chi connectivity index (χ1v) is 11.0. The number of benzene rings is 2. The number of hydrogen-bond donors (Lipinski definition) is 4. The number of pyridine rings is 1. The van der Waals surface area contributed by atoms with Gasteiger partial charge in [-0.2, -0.15) is 0 Å². The van der Waals surface area contributed by atoms with Crippen molar-refractivity contribution in [3.63, 3.8) is 0 Å². The predicted octanol–water partition coefficient (Wildman–Crippen LogP) is 3.81. The topological polar surface area (TPSA) is 132 Å². The van der Waals surface area contributed by atoms with Gasteiger partial charge in [0.05, 0.1) is 10.5 Å². The van der Waals surface area contributed by atoms with E-state index in [4.69, 9.17) is 0 Å². The molecule has 4 rings (SSSR count). The van der Waals surface area contributed by atoms with Gasteiger partial charge >= 0.3 is 5.97 Å². The van der Waals surface area contributed by atoms with Crippen LogP contribution in [0.1, 0.15) is 36.7 Å². The number of carboxylic acid groups (broad SMARTS) is 1. The normalized spacial score (nSPS) is 12.4. The van der Waals surface area contributed by atoms with Crippen molar-refractivity contribution < 1.29 is 18.3 Å². The summed E-state index contributed by atoms with van der Waals surface area (Å²) in [5.74, 6) is -1.19. The van der Waals surface area contributed by atoms with Crippen molar-refractivity contribution in [2.24, 2.45) is 0 Å². The van der Waals surface area contributed by atoms with E-state index < -0.39 is 21.6 Å². The van der Waals surface area contributed by atoms with Gasteiger partial charge in [0, 0.05) is 28.2 Å². The molecule has 0 fully saturated rings. The quantitative estimate of drug-likeness (QED) is 0.384. The van der Waals surface area contributed by atoms with Gasteiger partial charge in [0.15, 0.2) is 0 Å². The molecule has 2 aromatic carbocycles. The van der Waals surface area contributed by atoms with Crippen LogP contribution in [-0.2, 0) is 15.4 Å². The smallest absolute Gasteiger partial charge is 0.337 e. The molecule has 8 nitrogen and oxygen atoms in total. The average Bonchev–Trinajstić information content (AvgIpc) is 3.14. The summed E-state index contributed by atoms with van der Waals surface area (Å²) in [4.78, 5) is 29.3. The fourth-order valence-electron chi connectivity index (χ4n) is 3.51. The Labute approximate surface area is 178 Å². The van der Waals surface area contributed by atoms with Crippen molar-refractivity contribution in [1.82, 2.24) is 9.97 Å². The molecular weight excluding hydrogens is 418 g/mol. The molecule has 0 aliphatic carbocycles. The summed E-state index contributed by atoms with van der Waals surface area (Å²) in [5, 5.41) is 10.1. The van der Waals surface area contributed by atoms with Gasteiger partial charge in [-0.15, -0.1) is 0 Å². The number of hydrogen-bond acceptors (Lipinski definition) is 4. The Morgan fingerprint density at radius 1 is 1.06 bits per heavy atom. The van der Waals surface area contributed by atoms with Crippen LogP contribution in [0.25, 0.3) is 21.8 Å². The van der Waals surface area contributed by atoms with E-state index in [1.807, 2.05) is 20.8 Å². The number of aromatic nitrogens is 2. The fourth-order valence-corrected chi connectivity index (χ4v) is 4.56. The molecule has 4 aromatic rings. The highest BCUT2D eigenvalue weighted by Crippen LogP contribution is 2.29. The molecule has 2 heterocycles. The van der Waals surface area contributed by atoms with Crippen molar-refractivity contribution in [3.8, 4) is 0 Å². The largest absolute Gasteiger partial charge is 0.478 e. The highest BCUT2D eigenvalue weighted by atomic mass is 32.2. The standard InChI is InChI=1S/C22H21N3O5S/c1-22(2,3)12-4-7-14(8-5-12)31(29,30)25-13-6-9-17-15(10-13)18-16(21(27)28)11-23-19(18)20(26)24-17/h4-11,23,25H,1-3H3,(H,24,26)(H,27,28). The zero-order valence-corrected chi connectivity index (χ0v) is 17.9. The Morgan fingerprint density at radius 3 is 2.35 bits per heavy atom. The van der Waals surface area contributed by atoms with Crippen LogP contribution in [-0.4, -0.2) is 29.5 Å². The Kier molecular flexibility index (Phi) is 4.66. The Balaban J connectivity index is 1.79. The van der Waals surface area contributed by atoms with Gasteiger partial charge in [0.25, 0.3) is 15.6 Å². The van der Waals surface area contributed by atoms with Gasteiger partial charge in [-0.05, 0) is 41.3 Å². The lowest BCUT2D eigenvalue weighted by Crippen LogP contribution is -2.15. The van der Waals surface area contributed by atoms with Gasteiger partial charge in [-0.3, -0.25) is 9.52 Å². The van der Waals surface area contributed by atoms with E-state index in [0.717, 1.165) is 5.56 Å². The van der Waals surface area contributed by atoms with Crippen molar-refractivity contribution in [2.75, 3.05) is 4.72 Å². The summed E-state index contributed by atoms with van der Waals surface area (Å²) in [5.41, 5.74) is 1.15. The number of fused-ring (bicyclic) bond motifs is 3. The van der Waals surface area contributed by atoms with Crippen LogP contribution in [0.2, 0.25) is 0 Å². The van der Waals surface area contributed by atoms with E-state index >= 15 is 0 Å². The molecule has 0 spiro atoms. The molecule has 0 unspecified atom stereocenters. The fraction of sp³-hybridized carbons (Fsp3) is 0.182. The molecule has 160 valence electrons. The highest BCUT2D eigenvalue weighted by Gasteiger charge is 2.20. The van der Waals surface area contributed by atoms with Crippen molar-refractivity contribution in [2.45, 2.75) is 31.1 Å². The maximum atomic E-state index is 12.9. The van der Waals surface area contributed by atoms with E-state index in [1.54, 1.807) is 24.3 Å². The monoisotopic (exact) mass is 439 g/mol. The van der Waals surface area contributed by atoms with Crippen LogP contribution in [0, 0.1) is 0 Å². The lowest BCUT2D eigenvalue weighted by molar-refractivity contribution is 0.0699. The van der Waals surface area contributed by atoms with Gasteiger partial charge < -0.3 is 15.1 Å². The second-order valence-electron chi connectivity index (χ2n) is 8.35. The first kappa shape index (κ1) is 20.7. The highest BCUT2D eigenvalue weighted by molar-refractivity contribution is 7.92. The molecule has 0 saturated carbocycles. The van der Waals surface area contributed by atoms with Crippen LogP contribution in [0.15, 0.2) is 58.4 Å². The van der Waals surface area contributed by atoms with Crippen molar-refractivity contribution in [3.05, 3.63) is 70.1 Å². The zero-order valence-electron chi connectivity index (χ0n) is 17.1. The maximum absolute atomic E-state index is 12.9. The molecule has 4 N–H and O–H groups in total. The van der Waals surface area contributed by atoms with Crippen LogP contribution in [0.4, 0.5) is 5.69 Å². The van der Waals surface area contributed by atoms with Crippen LogP contribution < -0.4 is 10.3 Å². The minimum absolute atomic E-state index is 0.0659. The summed E-state index contributed by atoms with van der Waals surface area (Å²) in [6.07, 6.45) is 1.25. The number of aromatic amines is 2. The number of aromatic carboxylic acids is 1. The molecule has 0 aliphatic heterocycles. The zero-order chi connectivity index (χ0) is 22.6. The van der Waals surface area contributed by atoms with E-state index in [1.165, 1.54) is 24.4 Å². The first-order chi connectivity index (χ1) is 14.5. The van der Waals surface area contributed by atoms with Crippen LogP contribution in [0.3, 0.4) is 0 Å². The number of anilines is 1. The summed E-state index contributed by atoms with van der Waals surface area (Å²) < 4.78 is 28.3. The first-order valence-electron chi connectivity index (χ1n) is 9.51. The van der Waals surface area contributed by atoms with Crippen molar-refractivity contribution in [1.29, 1.82) is 0 Å². The SMILES string of the molecule is CC(C)(C)c1ccc(S(=O)(=O)Nc2ccc3[nH]c(=O)c4[nH]cc(C(=O)O)c4c3c2)cc1. The molecule has 0 atom stereocenters. The lowest BCUT2D eigenvalue weighted by atomic mass is 9.87. The van der Waals surface area contributed by atoms with E-state index in [2.05, 4.69) is 14.7 Å². The van der Waals surface area contributed by atoms with Gasteiger partial charge in [0.2, 0.25) is 0 Å². The molecule has 0 amide bonds. The van der Waals surface area contributed by atoms with Gasteiger partial charge in [0.1, 0.15) is 5.52 Å². The maximum Gasteiger partial charge on any atom is 0.337 e. The second-order valence-corrected chi connectivity index (χ2v) is 10.0.